The summed E-state index contributed by atoms with van der Waals surface area (Å²) in [6.07, 6.45) is 0. The van der Waals surface area contributed by atoms with Crippen LogP contribution in [0.3, 0.4) is 0 Å². The number of amides is 1. The van der Waals surface area contributed by atoms with Gasteiger partial charge in [-0.2, -0.15) is 0 Å². The third-order valence-corrected chi connectivity index (χ3v) is 5.96. The molecule has 0 saturated carbocycles. The number of thioether (sulfide) groups is 1. The van der Waals surface area contributed by atoms with Crippen LogP contribution in [0.5, 0.6) is 0 Å². The number of fused-ring (bicyclic) bond motifs is 1. The van der Waals surface area contributed by atoms with E-state index in [-0.39, 0.29) is 23.0 Å². The van der Waals surface area contributed by atoms with Gasteiger partial charge in [-0.25, -0.2) is 9.37 Å². The highest BCUT2D eigenvalue weighted by Crippen LogP contribution is 2.23. The summed E-state index contributed by atoms with van der Waals surface area (Å²) in [7, 11) is 0. The van der Waals surface area contributed by atoms with Crippen LogP contribution in [0.25, 0.3) is 16.6 Å². The third-order valence-electron chi connectivity index (χ3n) is 5.02. The first-order chi connectivity index (χ1) is 15.8. The quantitative estimate of drug-likeness (QED) is 0.254. The Balaban J connectivity index is 1.68. The third kappa shape index (κ3) is 4.85. The summed E-state index contributed by atoms with van der Waals surface area (Å²) in [5.41, 5.74) is 2.04. The molecule has 6 nitrogen and oxygen atoms in total. The zero-order valence-corrected chi connectivity index (χ0v) is 18.8. The number of carbonyl (C=O) groups excluding carboxylic acids is 2. The van der Waals surface area contributed by atoms with E-state index >= 15 is 0 Å². The van der Waals surface area contributed by atoms with E-state index in [1.165, 1.54) is 17.6 Å². The van der Waals surface area contributed by atoms with Gasteiger partial charge in [-0.1, -0.05) is 30.0 Å². The lowest BCUT2D eigenvalue weighted by atomic mass is 10.1. The molecule has 0 aliphatic heterocycles. The Morgan fingerprint density at radius 3 is 2.48 bits per heavy atom. The predicted octanol–water partition coefficient (Wildman–Crippen LogP) is 4.77. The second kappa shape index (κ2) is 9.38. The number of para-hydroxylation sites is 1. The number of aryl methyl sites for hydroxylation is 1. The van der Waals surface area contributed by atoms with Gasteiger partial charge in [0.25, 0.3) is 5.56 Å². The lowest BCUT2D eigenvalue weighted by Crippen LogP contribution is -2.22. The van der Waals surface area contributed by atoms with E-state index in [1.54, 1.807) is 67.6 Å². The van der Waals surface area contributed by atoms with Crippen molar-refractivity contribution in [2.75, 3.05) is 11.1 Å². The molecular formula is C25H20FN3O3S. The normalized spacial score (nSPS) is 10.9. The molecule has 1 N–H and O–H groups in total. The molecule has 33 heavy (non-hydrogen) atoms. The minimum absolute atomic E-state index is 0.0264. The molecule has 0 spiro atoms. The van der Waals surface area contributed by atoms with E-state index in [4.69, 9.17) is 0 Å². The van der Waals surface area contributed by atoms with Gasteiger partial charge in [0.15, 0.2) is 10.9 Å². The van der Waals surface area contributed by atoms with Crippen LogP contribution in [-0.4, -0.2) is 27.0 Å². The fourth-order valence-electron chi connectivity index (χ4n) is 3.31. The number of ketones is 1. The van der Waals surface area contributed by atoms with Gasteiger partial charge >= 0.3 is 0 Å². The summed E-state index contributed by atoms with van der Waals surface area (Å²) in [4.78, 5) is 41.8. The second-order valence-electron chi connectivity index (χ2n) is 7.46. The molecule has 0 aliphatic rings. The van der Waals surface area contributed by atoms with Crippen LogP contribution in [0.2, 0.25) is 0 Å². The molecular weight excluding hydrogens is 441 g/mol. The Labute approximate surface area is 193 Å². The van der Waals surface area contributed by atoms with Crippen molar-refractivity contribution in [3.8, 4) is 5.69 Å². The number of benzene rings is 3. The Morgan fingerprint density at radius 1 is 1.06 bits per heavy atom. The minimum atomic E-state index is -0.432. The Kier molecular flexibility index (Phi) is 6.37. The van der Waals surface area contributed by atoms with Crippen molar-refractivity contribution >= 4 is 40.0 Å². The van der Waals surface area contributed by atoms with Crippen molar-refractivity contribution in [2.24, 2.45) is 0 Å². The number of aromatic nitrogens is 2. The first kappa shape index (κ1) is 22.4. The van der Waals surface area contributed by atoms with Gasteiger partial charge < -0.3 is 5.32 Å². The molecule has 0 unspecified atom stereocenters. The number of hydrogen-bond donors (Lipinski definition) is 1. The van der Waals surface area contributed by atoms with Crippen molar-refractivity contribution in [3.05, 3.63) is 94.0 Å². The number of rotatable bonds is 6. The molecule has 0 fully saturated rings. The summed E-state index contributed by atoms with van der Waals surface area (Å²) < 4.78 is 15.6. The molecule has 4 rings (SSSR count). The van der Waals surface area contributed by atoms with E-state index in [1.807, 2.05) is 0 Å². The highest BCUT2D eigenvalue weighted by Gasteiger charge is 2.16. The first-order valence-corrected chi connectivity index (χ1v) is 11.1. The predicted molar refractivity (Wildman–Crippen MR) is 128 cm³/mol. The van der Waals surface area contributed by atoms with Gasteiger partial charge in [0.2, 0.25) is 5.91 Å². The lowest BCUT2D eigenvalue weighted by molar-refractivity contribution is -0.114. The van der Waals surface area contributed by atoms with E-state index in [9.17, 15) is 18.8 Å². The molecule has 0 aliphatic carbocycles. The summed E-state index contributed by atoms with van der Waals surface area (Å²) in [6.45, 7) is 3.05. The monoisotopic (exact) mass is 461 g/mol. The van der Waals surface area contributed by atoms with Crippen LogP contribution in [0, 0.1) is 12.7 Å². The zero-order valence-electron chi connectivity index (χ0n) is 18.0. The summed E-state index contributed by atoms with van der Waals surface area (Å²) in [5.74, 6) is -0.770. The molecule has 1 amide bonds. The van der Waals surface area contributed by atoms with Crippen LogP contribution in [0.15, 0.2) is 76.7 Å². The van der Waals surface area contributed by atoms with Crippen LogP contribution < -0.4 is 10.9 Å². The maximum atomic E-state index is 14.3. The van der Waals surface area contributed by atoms with Crippen LogP contribution in [-0.2, 0) is 4.79 Å². The van der Waals surface area contributed by atoms with Crippen LogP contribution >= 0.6 is 11.8 Å². The molecule has 1 aromatic heterocycles. The number of Topliss-reactive ketones (excluding diaryl/α,β-unsaturated/α-hetero) is 1. The molecule has 3 aromatic carbocycles. The molecule has 0 bridgehead atoms. The SMILES string of the molecule is CC(=O)Nc1ccc(C(=O)CSc2nc3ccccc3c(=O)n2-c2ccc(C)c(F)c2)cc1. The summed E-state index contributed by atoms with van der Waals surface area (Å²) in [6, 6.07) is 18.0. The summed E-state index contributed by atoms with van der Waals surface area (Å²) >= 11 is 1.11. The number of halogens is 1. The van der Waals surface area contributed by atoms with Gasteiger partial charge in [0.05, 0.1) is 22.3 Å². The highest BCUT2D eigenvalue weighted by molar-refractivity contribution is 7.99. The second-order valence-corrected chi connectivity index (χ2v) is 8.40. The average molecular weight is 462 g/mol. The molecule has 0 radical (unpaired) electrons. The Morgan fingerprint density at radius 2 is 1.79 bits per heavy atom. The van der Waals surface area contributed by atoms with E-state index in [2.05, 4.69) is 10.3 Å². The molecule has 4 aromatic rings. The summed E-state index contributed by atoms with van der Waals surface area (Å²) in [5, 5.41) is 3.35. The maximum Gasteiger partial charge on any atom is 0.266 e. The number of nitrogens with zero attached hydrogens (tertiary/aromatic N) is 2. The number of nitrogens with one attached hydrogen (secondary N) is 1. The van der Waals surface area contributed by atoms with E-state index in [0.29, 0.717) is 38.6 Å². The van der Waals surface area contributed by atoms with Crippen molar-refractivity contribution in [1.29, 1.82) is 0 Å². The maximum absolute atomic E-state index is 14.3. The Bertz CT molecular complexity index is 1430. The van der Waals surface area contributed by atoms with Crippen LogP contribution in [0.4, 0.5) is 10.1 Å². The number of hydrogen-bond acceptors (Lipinski definition) is 5. The first-order valence-electron chi connectivity index (χ1n) is 10.2. The van der Waals surface area contributed by atoms with Gasteiger partial charge in [-0.3, -0.25) is 19.0 Å². The number of anilines is 1. The molecule has 8 heteroatoms. The zero-order chi connectivity index (χ0) is 23.5. The smallest absolute Gasteiger partial charge is 0.266 e. The largest absolute Gasteiger partial charge is 0.326 e. The minimum Gasteiger partial charge on any atom is -0.326 e. The van der Waals surface area contributed by atoms with Gasteiger partial charge in [0.1, 0.15) is 5.82 Å². The molecule has 0 atom stereocenters. The fourth-order valence-corrected chi connectivity index (χ4v) is 4.22. The van der Waals surface area contributed by atoms with E-state index < -0.39 is 5.82 Å². The number of carbonyl (C=O) groups is 2. The standard InChI is InChI=1S/C25H20FN3O3S/c1-15-7-12-19(13-21(15)26)29-24(32)20-5-3-4-6-22(20)28-25(29)33-14-23(31)17-8-10-18(11-9-17)27-16(2)30/h3-13H,14H2,1-2H3,(H,27,30). The fraction of sp³-hybridized carbons (Fsp3) is 0.120. The Hall–Kier alpha value is -3.78. The topological polar surface area (TPSA) is 81.1 Å². The van der Waals surface area contributed by atoms with Crippen molar-refractivity contribution in [3.63, 3.8) is 0 Å². The molecule has 1 heterocycles. The lowest BCUT2D eigenvalue weighted by Gasteiger charge is -2.13. The molecule has 0 saturated heterocycles. The van der Waals surface area contributed by atoms with E-state index in [0.717, 1.165) is 11.8 Å². The van der Waals surface area contributed by atoms with Crippen molar-refractivity contribution in [1.82, 2.24) is 9.55 Å². The molecule has 166 valence electrons. The van der Waals surface area contributed by atoms with Gasteiger partial charge in [0, 0.05) is 18.2 Å². The van der Waals surface area contributed by atoms with Crippen LogP contribution in [0.1, 0.15) is 22.8 Å². The van der Waals surface area contributed by atoms with Crippen molar-refractivity contribution in [2.45, 2.75) is 19.0 Å². The van der Waals surface area contributed by atoms with Gasteiger partial charge in [-0.15, -0.1) is 0 Å². The highest BCUT2D eigenvalue weighted by atomic mass is 32.2. The van der Waals surface area contributed by atoms with Gasteiger partial charge in [-0.05, 0) is 61.0 Å². The average Bonchev–Trinajstić information content (AvgIpc) is 2.80. The van der Waals surface area contributed by atoms with Crippen molar-refractivity contribution < 1.29 is 14.0 Å².